The van der Waals surface area contributed by atoms with Crippen molar-refractivity contribution < 1.29 is 18.3 Å². The molecule has 0 saturated carbocycles. The van der Waals surface area contributed by atoms with E-state index in [2.05, 4.69) is 4.98 Å². The molecule has 6 heteroatoms. The van der Waals surface area contributed by atoms with Crippen LogP contribution in [0.15, 0.2) is 36.5 Å². The summed E-state index contributed by atoms with van der Waals surface area (Å²) in [7, 11) is 1.33. The van der Waals surface area contributed by atoms with Crippen LogP contribution in [0.4, 0.5) is 8.78 Å². The van der Waals surface area contributed by atoms with Gasteiger partial charge in [-0.25, -0.2) is 8.78 Å². The molecule has 0 radical (unpaired) electrons. The number of benzene rings is 1. The van der Waals surface area contributed by atoms with Crippen LogP contribution in [-0.4, -0.2) is 36.0 Å². The molecule has 24 heavy (non-hydrogen) atoms. The number of halogens is 2. The second-order valence-corrected chi connectivity index (χ2v) is 5.87. The third-order valence-corrected chi connectivity index (χ3v) is 4.29. The Morgan fingerprint density at radius 1 is 1.33 bits per heavy atom. The molecule has 0 N–H and O–H groups in total. The summed E-state index contributed by atoms with van der Waals surface area (Å²) < 4.78 is 32.6. The van der Waals surface area contributed by atoms with Crippen molar-refractivity contribution >= 4 is 5.91 Å². The fourth-order valence-corrected chi connectivity index (χ4v) is 3.06. The van der Waals surface area contributed by atoms with E-state index in [0.717, 1.165) is 24.6 Å². The topological polar surface area (TPSA) is 42.4 Å². The standard InChI is InChI=1S/C18H18F2N2O2/c1-24-15-6-5-14(19)17(20)16(15)18(23)22-9-7-12(11-22)10-13-4-2-3-8-21-13/h2-6,8,12H,7,9-11H2,1H3. The summed E-state index contributed by atoms with van der Waals surface area (Å²) in [5.41, 5.74) is 0.627. The van der Waals surface area contributed by atoms with Crippen molar-refractivity contribution in [1.29, 1.82) is 0 Å². The highest BCUT2D eigenvalue weighted by molar-refractivity contribution is 5.97. The van der Waals surface area contributed by atoms with Gasteiger partial charge in [-0.3, -0.25) is 9.78 Å². The summed E-state index contributed by atoms with van der Waals surface area (Å²) in [6.07, 6.45) is 3.30. The predicted molar refractivity (Wildman–Crippen MR) is 84.9 cm³/mol. The Balaban J connectivity index is 1.74. The quantitative estimate of drug-likeness (QED) is 0.864. The molecule has 0 spiro atoms. The molecular formula is C18H18F2N2O2. The number of aromatic nitrogens is 1. The highest BCUT2D eigenvalue weighted by Gasteiger charge is 2.31. The maximum atomic E-state index is 14.1. The lowest BCUT2D eigenvalue weighted by atomic mass is 10.0. The van der Waals surface area contributed by atoms with Gasteiger partial charge in [-0.1, -0.05) is 6.07 Å². The van der Waals surface area contributed by atoms with Gasteiger partial charge in [0.15, 0.2) is 11.6 Å². The van der Waals surface area contributed by atoms with E-state index >= 15 is 0 Å². The maximum absolute atomic E-state index is 14.1. The number of rotatable bonds is 4. The lowest BCUT2D eigenvalue weighted by Crippen LogP contribution is -2.30. The highest BCUT2D eigenvalue weighted by Crippen LogP contribution is 2.28. The molecule has 126 valence electrons. The second kappa shape index (κ2) is 6.95. The average molecular weight is 332 g/mol. The lowest BCUT2D eigenvalue weighted by molar-refractivity contribution is 0.0777. The van der Waals surface area contributed by atoms with Gasteiger partial charge in [0.25, 0.3) is 5.91 Å². The molecule has 1 fully saturated rings. The van der Waals surface area contributed by atoms with Gasteiger partial charge in [0, 0.05) is 25.0 Å². The first-order chi connectivity index (χ1) is 11.6. The largest absolute Gasteiger partial charge is 0.496 e. The van der Waals surface area contributed by atoms with Crippen molar-refractivity contribution in [1.82, 2.24) is 9.88 Å². The molecule has 1 unspecified atom stereocenters. The zero-order chi connectivity index (χ0) is 17.1. The molecule has 2 heterocycles. The lowest BCUT2D eigenvalue weighted by Gasteiger charge is -2.18. The van der Waals surface area contributed by atoms with Crippen LogP contribution in [0.5, 0.6) is 5.75 Å². The first-order valence-electron chi connectivity index (χ1n) is 7.81. The van der Waals surface area contributed by atoms with Crippen LogP contribution >= 0.6 is 0 Å². The smallest absolute Gasteiger partial charge is 0.260 e. The molecule has 1 saturated heterocycles. The monoisotopic (exact) mass is 332 g/mol. The molecule has 2 aromatic rings. The number of carbonyl (C=O) groups is 1. The summed E-state index contributed by atoms with van der Waals surface area (Å²) in [4.78, 5) is 18.5. The molecule has 0 bridgehead atoms. The van der Waals surface area contributed by atoms with Gasteiger partial charge in [-0.15, -0.1) is 0 Å². The summed E-state index contributed by atoms with van der Waals surface area (Å²) >= 11 is 0. The van der Waals surface area contributed by atoms with Crippen LogP contribution in [0, 0.1) is 17.6 Å². The SMILES string of the molecule is COc1ccc(F)c(F)c1C(=O)N1CCC(Cc2ccccn2)C1. The Morgan fingerprint density at radius 2 is 2.17 bits per heavy atom. The number of hydrogen-bond donors (Lipinski definition) is 0. The Kier molecular flexibility index (Phi) is 4.74. The highest BCUT2D eigenvalue weighted by atomic mass is 19.2. The van der Waals surface area contributed by atoms with Gasteiger partial charge < -0.3 is 9.64 Å². The number of carbonyl (C=O) groups excluding carboxylic acids is 1. The van der Waals surface area contributed by atoms with Crippen LogP contribution in [0.25, 0.3) is 0 Å². The number of ether oxygens (including phenoxy) is 1. The van der Waals surface area contributed by atoms with Gasteiger partial charge in [0.2, 0.25) is 0 Å². The molecule has 1 aromatic heterocycles. The van der Waals surface area contributed by atoms with E-state index in [1.165, 1.54) is 13.2 Å². The Morgan fingerprint density at radius 3 is 2.88 bits per heavy atom. The zero-order valence-electron chi connectivity index (χ0n) is 13.3. The van der Waals surface area contributed by atoms with Crippen molar-refractivity contribution in [2.45, 2.75) is 12.8 Å². The third-order valence-electron chi connectivity index (χ3n) is 4.29. The summed E-state index contributed by atoms with van der Waals surface area (Å²) in [5, 5.41) is 0. The number of amides is 1. The maximum Gasteiger partial charge on any atom is 0.260 e. The molecule has 1 aliphatic rings. The molecule has 0 aliphatic carbocycles. The molecule has 1 aliphatic heterocycles. The van der Waals surface area contributed by atoms with Gasteiger partial charge in [0.05, 0.1) is 7.11 Å². The van der Waals surface area contributed by atoms with E-state index in [0.29, 0.717) is 13.1 Å². The van der Waals surface area contributed by atoms with Crippen LogP contribution < -0.4 is 4.74 Å². The number of methoxy groups -OCH3 is 1. The van der Waals surface area contributed by atoms with Crippen molar-refractivity contribution in [2.24, 2.45) is 5.92 Å². The predicted octanol–water partition coefficient (Wildman–Crippen LogP) is 3.07. The van der Waals surface area contributed by atoms with Gasteiger partial charge in [0.1, 0.15) is 11.3 Å². The Bertz CT molecular complexity index is 737. The number of hydrogen-bond acceptors (Lipinski definition) is 3. The van der Waals surface area contributed by atoms with Crippen LogP contribution in [0.3, 0.4) is 0 Å². The summed E-state index contributed by atoms with van der Waals surface area (Å²) in [5.74, 6) is -2.44. The minimum Gasteiger partial charge on any atom is -0.496 e. The molecule has 1 atom stereocenters. The average Bonchev–Trinajstić information content (AvgIpc) is 3.06. The fraction of sp³-hybridized carbons (Fsp3) is 0.333. The van der Waals surface area contributed by atoms with E-state index in [4.69, 9.17) is 4.74 Å². The van der Waals surface area contributed by atoms with Crippen molar-refractivity contribution in [3.05, 3.63) is 59.4 Å². The van der Waals surface area contributed by atoms with Gasteiger partial charge in [-0.2, -0.15) is 0 Å². The minimum atomic E-state index is -1.16. The summed E-state index contributed by atoms with van der Waals surface area (Å²) in [6.45, 7) is 1.00. The van der Waals surface area contributed by atoms with E-state index in [1.54, 1.807) is 11.1 Å². The van der Waals surface area contributed by atoms with Crippen LogP contribution in [-0.2, 0) is 6.42 Å². The third kappa shape index (κ3) is 3.22. The molecule has 4 nitrogen and oxygen atoms in total. The Labute approximate surface area is 139 Å². The number of nitrogens with zero attached hydrogens (tertiary/aromatic N) is 2. The molecular weight excluding hydrogens is 314 g/mol. The first-order valence-corrected chi connectivity index (χ1v) is 7.81. The van der Waals surface area contributed by atoms with Crippen LogP contribution in [0.2, 0.25) is 0 Å². The second-order valence-electron chi connectivity index (χ2n) is 5.87. The van der Waals surface area contributed by atoms with Gasteiger partial charge >= 0.3 is 0 Å². The van der Waals surface area contributed by atoms with Crippen LogP contribution in [0.1, 0.15) is 22.5 Å². The molecule has 3 rings (SSSR count). The first kappa shape index (κ1) is 16.4. The normalized spacial score (nSPS) is 17.1. The number of likely N-dealkylation sites (tertiary alicyclic amines) is 1. The fourth-order valence-electron chi connectivity index (χ4n) is 3.06. The number of pyridine rings is 1. The molecule has 1 aromatic carbocycles. The van der Waals surface area contributed by atoms with E-state index in [-0.39, 0.29) is 17.2 Å². The summed E-state index contributed by atoms with van der Waals surface area (Å²) in [6, 6.07) is 7.95. The van der Waals surface area contributed by atoms with E-state index in [1.807, 2.05) is 18.2 Å². The molecule has 1 amide bonds. The van der Waals surface area contributed by atoms with Crippen molar-refractivity contribution in [3.8, 4) is 5.75 Å². The Hall–Kier alpha value is -2.50. The minimum absolute atomic E-state index is 0.0482. The van der Waals surface area contributed by atoms with Crippen molar-refractivity contribution in [2.75, 3.05) is 20.2 Å². The zero-order valence-corrected chi connectivity index (χ0v) is 13.3. The van der Waals surface area contributed by atoms with Gasteiger partial charge in [-0.05, 0) is 43.0 Å². The van der Waals surface area contributed by atoms with E-state index in [9.17, 15) is 13.6 Å². The van der Waals surface area contributed by atoms with E-state index < -0.39 is 17.5 Å². The van der Waals surface area contributed by atoms with Crippen molar-refractivity contribution in [3.63, 3.8) is 0 Å².